The van der Waals surface area contributed by atoms with Gasteiger partial charge in [-0.2, -0.15) is 0 Å². The molecular formula is C11H12Cl2O. The van der Waals surface area contributed by atoms with Crippen molar-refractivity contribution < 1.29 is 5.11 Å². The van der Waals surface area contributed by atoms with E-state index in [4.69, 9.17) is 28.3 Å². The van der Waals surface area contributed by atoms with Crippen LogP contribution >= 0.6 is 23.2 Å². The van der Waals surface area contributed by atoms with Gasteiger partial charge in [0.05, 0.1) is 16.7 Å². The van der Waals surface area contributed by atoms with Crippen molar-refractivity contribution in [1.29, 1.82) is 0 Å². The van der Waals surface area contributed by atoms with E-state index in [1.54, 1.807) is 18.2 Å². The zero-order valence-electron chi connectivity index (χ0n) is 7.71. The summed E-state index contributed by atoms with van der Waals surface area (Å²) in [5.41, 5.74) is 0.988. The van der Waals surface area contributed by atoms with Crippen molar-refractivity contribution in [2.75, 3.05) is 6.61 Å². The number of hydrogen-bond acceptors (Lipinski definition) is 1. The van der Waals surface area contributed by atoms with Gasteiger partial charge < -0.3 is 5.11 Å². The highest BCUT2D eigenvalue weighted by Crippen LogP contribution is 2.27. The molecule has 0 saturated carbocycles. The number of hydrogen-bond donors (Lipinski definition) is 1. The molecule has 0 radical (unpaired) electrons. The van der Waals surface area contributed by atoms with Gasteiger partial charge in [-0.1, -0.05) is 35.3 Å². The van der Waals surface area contributed by atoms with Gasteiger partial charge in [-0.25, -0.2) is 0 Å². The standard InChI is InChI=1S/C11H12Cl2O/c1-2-3-9(7-14)8-4-5-10(12)11(13)6-8/h2,4-6,9,14H,1,3,7H2/t9-/m0/s1. The van der Waals surface area contributed by atoms with Gasteiger partial charge >= 0.3 is 0 Å². The summed E-state index contributed by atoms with van der Waals surface area (Å²) in [5, 5.41) is 10.2. The summed E-state index contributed by atoms with van der Waals surface area (Å²) in [6.07, 6.45) is 2.51. The highest BCUT2D eigenvalue weighted by Gasteiger charge is 2.09. The van der Waals surface area contributed by atoms with E-state index in [0.29, 0.717) is 10.0 Å². The zero-order chi connectivity index (χ0) is 10.6. The first kappa shape index (κ1) is 11.6. The molecule has 1 aromatic rings. The van der Waals surface area contributed by atoms with Crippen LogP contribution in [0, 0.1) is 0 Å². The third kappa shape index (κ3) is 2.74. The van der Waals surface area contributed by atoms with Crippen LogP contribution in [0.25, 0.3) is 0 Å². The average molecular weight is 231 g/mol. The molecule has 1 nitrogen and oxygen atoms in total. The molecule has 0 bridgehead atoms. The molecule has 0 aliphatic heterocycles. The highest BCUT2D eigenvalue weighted by atomic mass is 35.5. The van der Waals surface area contributed by atoms with Crippen LogP contribution in [-0.4, -0.2) is 11.7 Å². The smallest absolute Gasteiger partial charge is 0.0595 e. The molecule has 0 aliphatic carbocycles. The maximum atomic E-state index is 9.15. The molecule has 0 heterocycles. The maximum Gasteiger partial charge on any atom is 0.0595 e. The Hall–Kier alpha value is -0.500. The Morgan fingerprint density at radius 1 is 1.36 bits per heavy atom. The van der Waals surface area contributed by atoms with E-state index in [1.165, 1.54) is 0 Å². The van der Waals surface area contributed by atoms with Crippen molar-refractivity contribution in [2.24, 2.45) is 0 Å². The molecule has 0 aliphatic rings. The molecule has 0 saturated heterocycles. The predicted molar refractivity (Wildman–Crippen MR) is 61.1 cm³/mol. The molecule has 0 amide bonds. The van der Waals surface area contributed by atoms with Crippen molar-refractivity contribution in [2.45, 2.75) is 12.3 Å². The predicted octanol–water partition coefficient (Wildman–Crippen LogP) is 3.65. The van der Waals surface area contributed by atoms with Crippen molar-refractivity contribution in [1.82, 2.24) is 0 Å². The fraction of sp³-hybridized carbons (Fsp3) is 0.273. The first-order valence-corrected chi connectivity index (χ1v) is 5.11. The molecule has 14 heavy (non-hydrogen) atoms. The normalized spacial score (nSPS) is 12.5. The second kappa shape index (κ2) is 5.40. The number of rotatable bonds is 4. The molecule has 76 valence electrons. The molecule has 0 fully saturated rings. The van der Waals surface area contributed by atoms with Gasteiger partial charge in [0.1, 0.15) is 0 Å². The number of allylic oxidation sites excluding steroid dienone is 1. The molecule has 0 unspecified atom stereocenters. The average Bonchev–Trinajstić information content (AvgIpc) is 2.19. The Kier molecular flexibility index (Phi) is 4.46. The summed E-state index contributed by atoms with van der Waals surface area (Å²) in [5.74, 6) is 0.0577. The Balaban J connectivity index is 2.93. The van der Waals surface area contributed by atoms with E-state index in [1.807, 2.05) is 6.07 Å². The fourth-order valence-electron chi connectivity index (χ4n) is 1.28. The van der Waals surface area contributed by atoms with Gasteiger partial charge in [0.15, 0.2) is 0 Å². The number of halogens is 2. The Morgan fingerprint density at radius 3 is 2.57 bits per heavy atom. The summed E-state index contributed by atoms with van der Waals surface area (Å²) < 4.78 is 0. The summed E-state index contributed by atoms with van der Waals surface area (Å²) in [6.45, 7) is 3.73. The lowest BCUT2D eigenvalue weighted by Gasteiger charge is -2.12. The molecule has 0 spiro atoms. The topological polar surface area (TPSA) is 20.2 Å². The molecule has 1 rings (SSSR count). The monoisotopic (exact) mass is 230 g/mol. The minimum atomic E-state index is 0.0577. The Morgan fingerprint density at radius 2 is 2.07 bits per heavy atom. The summed E-state index contributed by atoms with van der Waals surface area (Å²) >= 11 is 11.7. The third-order valence-corrected chi connectivity index (χ3v) is 2.83. The molecule has 1 atom stereocenters. The number of aliphatic hydroxyl groups is 1. The van der Waals surface area contributed by atoms with Crippen LogP contribution in [-0.2, 0) is 0 Å². The van der Waals surface area contributed by atoms with E-state index >= 15 is 0 Å². The van der Waals surface area contributed by atoms with Gasteiger partial charge in [-0.3, -0.25) is 0 Å². The third-order valence-electron chi connectivity index (χ3n) is 2.09. The van der Waals surface area contributed by atoms with Crippen LogP contribution in [0.1, 0.15) is 17.9 Å². The van der Waals surface area contributed by atoms with Gasteiger partial charge in [0.2, 0.25) is 0 Å². The second-order valence-electron chi connectivity index (χ2n) is 3.08. The van der Waals surface area contributed by atoms with E-state index in [0.717, 1.165) is 12.0 Å². The van der Waals surface area contributed by atoms with E-state index < -0.39 is 0 Å². The van der Waals surface area contributed by atoms with Gasteiger partial charge in [-0.05, 0) is 24.1 Å². The maximum absolute atomic E-state index is 9.15. The van der Waals surface area contributed by atoms with Crippen LogP contribution in [0.3, 0.4) is 0 Å². The molecule has 1 aromatic carbocycles. The van der Waals surface area contributed by atoms with Crippen molar-refractivity contribution in [3.05, 3.63) is 46.5 Å². The second-order valence-corrected chi connectivity index (χ2v) is 3.89. The van der Waals surface area contributed by atoms with E-state index in [2.05, 4.69) is 6.58 Å². The van der Waals surface area contributed by atoms with E-state index in [9.17, 15) is 0 Å². The van der Waals surface area contributed by atoms with Gasteiger partial charge in [0.25, 0.3) is 0 Å². The van der Waals surface area contributed by atoms with Crippen molar-refractivity contribution in [3.8, 4) is 0 Å². The Labute approximate surface area is 94.0 Å². The van der Waals surface area contributed by atoms with E-state index in [-0.39, 0.29) is 12.5 Å². The number of aliphatic hydroxyl groups excluding tert-OH is 1. The molecule has 1 N–H and O–H groups in total. The summed E-state index contributed by atoms with van der Waals surface area (Å²) in [7, 11) is 0. The molecule has 0 aromatic heterocycles. The summed E-state index contributed by atoms with van der Waals surface area (Å²) in [4.78, 5) is 0. The van der Waals surface area contributed by atoms with Gasteiger partial charge in [-0.15, -0.1) is 6.58 Å². The van der Waals surface area contributed by atoms with Crippen LogP contribution in [0.4, 0.5) is 0 Å². The molecular weight excluding hydrogens is 219 g/mol. The first-order chi connectivity index (χ1) is 6.69. The first-order valence-electron chi connectivity index (χ1n) is 4.35. The van der Waals surface area contributed by atoms with Crippen LogP contribution < -0.4 is 0 Å². The lowest BCUT2D eigenvalue weighted by molar-refractivity contribution is 0.266. The SMILES string of the molecule is C=CC[C@@H](CO)c1ccc(Cl)c(Cl)c1. The van der Waals surface area contributed by atoms with Crippen LogP contribution in [0.5, 0.6) is 0 Å². The van der Waals surface area contributed by atoms with Crippen LogP contribution in [0.15, 0.2) is 30.9 Å². The zero-order valence-corrected chi connectivity index (χ0v) is 9.22. The van der Waals surface area contributed by atoms with Gasteiger partial charge in [0, 0.05) is 5.92 Å². The minimum Gasteiger partial charge on any atom is -0.396 e. The Bertz CT molecular complexity index is 323. The van der Waals surface area contributed by atoms with Crippen molar-refractivity contribution >= 4 is 23.2 Å². The largest absolute Gasteiger partial charge is 0.396 e. The quantitative estimate of drug-likeness (QED) is 0.784. The fourth-order valence-corrected chi connectivity index (χ4v) is 1.59. The highest BCUT2D eigenvalue weighted by molar-refractivity contribution is 6.42. The van der Waals surface area contributed by atoms with Crippen molar-refractivity contribution in [3.63, 3.8) is 0 Å². The lowest BCUT2D eigenvalue weighted by Crippen LogP contribution is -2.02. The number of benzene rings is 1. The molecule has 3 heteroatoms. The lowest BCUT2D eigenvalue weighted by atomic mass is 9.97. The van der Waals surface area contributed by atoms with Crippen LogP contribution in [0.2, 0.25) is 10.0 Å². The minimum absolute atomic E-state index is 0.0577. The summed E-state index contributed by atoms with van der Waals surface area (Å²) in [6, 6.07) is 5.40.